The summed E-state index contributed by atoms with van der Waals surface area (Å²) >= 11 is 0. The molecule has 1 aromatic heterocycles. The minimum atomic E-state index is -4.92. The number of aliphatic carboxylic acids is 1. The van der Waals surface area contributed by atoms with Gasteiger partial charge in [-0.3, -0.25) is 23.6 Å². The number of anilines is 1. The third-order valence-electron chi connectivity index (χ3n) is 9.22. The molecule has 52 heavy (non-hydrogen) atoms. The van der Waals surface area contributed by atoms with Crippen LogP contribution in [-0.4, -0.2) is 57.8 Å². The maximum absolute atomic E-state index is 15.1. The zero-order valence-corrected chi connectivity index (χ0v) is 28.3. The van der Waals surface area contributed by atoms with Crippen molar-refractivity contribution in [1.82, 2.24) is 19.4 Å². The normalized spacial score (nSPS) is 14.3. The van der Waals surface area contributed by atoms with E-state index in [-0.39, 0.29) is 62.5 Å². The highest BCUT2D eigenvalue weighted by atomic mass is 19.4. The molecule has 274 valence electrons. The molecule has 0 saturated carbocycles. The Bertz CT molecular complexity index is 2070. The van der Waals surface area contributed by atoms with E-state index in [1.54, 1.807) is 41.3 Å². The average Bonchev–Trinajstić information content (AvgIpc) is 3.10. The van der Waals surface area contributed by atoms with Crippen LogP contribution in [0.25, 0.3) is 0 Å². The molecule has 2 N–H and O–H groups in total. The molecular weight excluding hydrogens is 687 g/mol. The number of halogens is 5. The van der Waals surface area contributed by atoms with Crippen molar-refractivity contribution in [3.63, 3.8) is 0 Å². The number of nitrogens with zero attached hydrogens (tertiary/aromatic N) is 5. The molecular formula is C37H37F5N6O4. The first-order valence-electron chi connectivity index (χ1n) is 16.6. The van der Waals surface area contributed by atoms with Gasteiger partial charge in [-0.1, -0.05) is 48.5 Å². The van der Waals surface area contributed by atoms with E-state index in [1.807, 2.05) is 11.0 Å². The Morgan fingerprint density at radius 2 is 1.60 bits per heavy atom. The average molecular weight is 725 g/mol. The molecule has 1 fully saturated rings. The van der Waals surface area contributed by atoms with Crippen molar-refractivity contribution in [2.45, 2.75) is 51.6 Å². The molecule has 10 nitrogen and oxygen atoms in total. The van der Waals surface area contributed by atoms with Crippen LogP contribution in [0, 0.1) is 29.9 Å². The lowest BCUT2D eigenvalue weighted by atomic mass is 10.1. The van der Waals surface area contributed by atoms with E-state index >= 15 is 4.39 Å². The fourth-order valence-electron chi connectivity index (χ4n) is 6.51. The van der Waals surface area contributed by atoms with Gasteiger partial charge in [-0.2, -0.15) is 18.4 Å². The quantitative estimate of drug-likeness (QED) is 0.145. The number of carbonyl (C=O) groups is 1. The van der Waals surface area contributed by atoms with Crippen molar-refractivity contribution >= 4 is 11.7 Å². The summed E-state index contributed by atoms with van der Waals surface area (Å²) in [6, 6.07) is 16.9. The zero-order chi connectivity index (χ0) is 37.6. The summed E-state index contributed by atoms with van der Waals surface area (Å²) < 4.78 is 73.5. The summed E-state index contributed by atoms with van der Waals surface area (Å²) in [5.74, 6) is -2.79. The number of aromatic nitrogens is 2. The molecule has 15 heteroatoms. The van der Waals surface area contributed by atoms with Crippen LogP contribution in [0.5, 0.6) is 0 Å². The van der Waals surface area contributed by atoms with Crippen LogP contribution in [0.4, 0.5) is 27.6 Å². The van der Waals surface area contributed by atoms with Crippen LogP contribution in [0.2, 0.25) is 0 Å². The van der Waals surface area contributed by atoms with Crippen LogP contribution in [0.15, 0.2) is 76.3 Å². The first-order valence-corrected chi connectivity index (χ1v) is 16.6. The van der Waals surface area contributed by atoms with Crippen molar-refractivity contribution in [2.24, 2.45) is 0 Å². The predicted molar refractivity (Wildman–Crippen MR) is 183 cm³/mol. The molecule has 0 aliphatic carbocycles. The summed E-state index contributed by atoms with van der Waals surface area (Å²) in [5.41, 5.74) is -2.41. The Balaban J connectivity index is 1.55. The minimum Gasteiger partial charge on any atom is -0.481 e. The van der Waals surface area contributed by atoms with Gasteiger partial charge in [0.15, 0.2) is 0 Å². The Morgan fingerprint density at radius 1 is 0.923 bits per heavy atom. The lowest BCUT2D eigenvalue weighted by Gasteiger charge is -2.37. The number of alkyl halides is 3. The van der Waals surface area contributed by atoms with Gasteiger partial charge in [0.1, 0.15) is 23.4 Å². The van der Waals surface area contributed by atoms with E-state index in [0.717, 1.165) is 27.3 Å². The zero-order valence-electron chi connectivity index (χ0n) is 28.3. The number of hydrogen-bond donors (Lipinski definition) is 2. The van der Waals surface area contributed by atoms with Gasteiger partial charge in [0.2, 0.25) is 0 Å². The van der Waals surface area contributed by atoms with Crippen LogP contribution >= 0.6 is 0 Å². The molecule has 0 bridgehead atoms. The van der Waals surface area contributed by atoms with Crippen LogP contribution in [0.3, 0.4) is 0 Å². The molecule has 3 aromatic carbocycles. The van der Waals surface area contributed by atoms with Crippen LogP contribution in [-0.2, 0) is 30.6 Å². The Morgan fingerprint density at radius 3 is 2.25 bits per heavy atom. The van der Waals surface area contributed by atoms with Gasteiger partial charge < -0.3 is 15.3 Å². The lowest BCUT2D eigenvalue weighted by molar-refractivity contribution is -0.138. The van der Waals surface area contributed by atoms with E-state index < -0.39 is 58.7 Å². The summed E-state index contributed by atoms with van der Waals surface area (Å²) in [5, 5.41) is 21.8. The van der Waals surface area contributed by atoms with Crippen LogP contribution < -0.4 is 21.5 Å². The molecule has 0 radical (unpaired) electrons. The first-order chi connectivity index (χ1) is 24.8. The number of nitriles is 1. The second-order valence-corrected chi connectivity index (χ2v) is 12.5. The Labute approximate surface area is 295 Å². The largest absolute Gasteiger partial charge is 0.481 e. The van der Waals surface area contributed by atoms with Gasteiger partial charge in [-0.25, -0.2) is 13.6 Å². The molecule has 2 heterocycles. The van der Waals surface area contributed by atoms with Crippen molar-refractivity contribution < 1.29 is 31.9 Å². The SMILES string of the molecule is Cc1c(N2CCN(Cc3cccc(F)c3C#N)CC2)c(=O)n(C[C@H](NCCCC(=O)O)c2ccccc2)c(=O)n1Cc1c(F)cccc1C(F)(F)F. The lowest BCUT2D eigenvalue weighted by Crippen LogP contribution is -2.51. The number of carboxylic acid groups (broad SMARTS) is 1. The molecule has 1 aliphatic rings. The third-order valence-corrected chi connectivity index (χ3v) is 9.22. The fourth-order valence-corrected chi connectivity index (χ4v) is 6.51. The minimum absolute atomic E-state index is 0.0543. The standard InChI is InChI=1S/C37H37F5N6O4/c1-24-34(46-18-16-45(17-19-46)21-26-10-5-12-30(38)27(26)20-43)35(51)48(23-32(25-8-3-2-4-9-25)44-15-7-14-33(49)50)36(52)47(24)22-28-29(37(40,41)42)11-6-13-31(28)39/h2-6,8-13,32,44H,7,14-19,21-23H2,1H3,(H,49,50)/t32-/m0/s1. The molecule has 1 atom stereocenters. The van der Waals surface area contributed by atoms with Crippen molar-refractivity contribution in [3.05, 3.63) is 133 Å². The highest BCUT2D eigenvalue weighted by Crippen LogP contribution is 2.34. The third kappa shape index (κ3) is 8.58. The molecule has 0 spiro atoms. The van der Waals surface area contributed by atoms with E-state index in [4.69, 9.17) is 5.11 Å². The number of carboxylic acids is 1. The van der Waals surface area contributed by atoms with Gasteiger partial charge in [0, 0.05) is 50.4 Å². The van der Waals surface area contributed by atoms with Gasteiger partial charge in [0.25, 0.3) is 5.56 Å². The maximum Gasteiger partial charge on any atom is 0.416 e. The van der Waals surface area contributed by atoms with Crippen molar-refractivity contribution in [2.75, 3.05) is 37.6 Å². The second kappa shape index (κ2) is 16.3. The summed E-state index contributed by atoms with van der Waals surface area (Å²) in [6.45, 7) is 2.07. The highest BCUT2D eigenvalue weighted by molar-refractivity contribution is 5.66. The number of nitrogens with one attached hydrogen (secondary N) is 1. The number of hydrogen-bond acceptors (Lipinski definition) is 7. The first kappa shape index (κ1) is 37.9. The fraction of sp³-hybridized carbons (Fsp3) is 0.351. The maximum atomic E-state index is 15.1. The molecule has 1 saturated heterocycles. The number of rotatable bonds is 13. The Hall–Kier alpha value is -5.33. The molecule has 5 rings (SSSR count). The topological polar surface area (TPSA) is 124 Å². The van der Waals surface area contributed by atoms with Crippen LogP contribution in [0.1, 0.15) is 52.4 Å². The van der Waals surface area contributed by atoms with Gasteiger partial charge in [-0.15, -0.1) is 0 Å². The smallest absolute Gasteiger partial charge is 0.416 e. The van der Waals surface area contributed by atoms with Crippen molar-refractivity contribution in [1.29, 1.82) is 5.26 Å². The molecule has 1 aliphatic heterocycles. The van der Waals surface area contributed by atoms with E-state index in [0.29, 0.717) is 24.2 Å². The molecule has 4 aromatic rings. The highest BCUT2D eigenvalue weighted by Gasteiger charge is 2.35. The summed E-state index contributed by atoms with van der Waals surface area (Å²) in [6.07, 6.45) is -4.79. The van der Waals surface area contributed by atoms with Gasteiger partial charge >= 0.3 is 17.8 Å². The van der Waals surface area contributed by atoms with Crippen molar-refractivity contribution in [3.8, 4) is 6.07 Å². The van der Waals surface area contributed by atoms with E-state index in [9.17, 15) is 37.2 Å². The summed E-state index contributed by atoms with van der Waals surface area (Å²) in [7, 11) is 0. The Kier molecular flexibility index (Phi) is 11.9. The van der Waals surface area contributed by atoms with E-state index in [2.05, 4.69) is 5.32 Å². The van der Waals surface area contributed by atoms with Gasteiger partial charge in [-0.05, 0) is 49.2 Å². The number of piperazine rings is 1. The number of benzene rings is 3. The molecule has 0 unspecified atom stereocenters. The van der Waals surface area contributed by atoms with E-state index in [1.165, 1.54) is 19.1 Å². The summed E-state index contributed by atoms with van der Waals surface area (Å²) in [4.78, 5) is 43.3. The monoisotopic (exact) mass is 724 g/mol. The predicted octanol–water partition coefficient (Wildman–Crippen LogP) is 5.05. The van der Waals surface area contributed by atoms with Gasteiger partial charge in [0.05, 0.1) is 30.3 Å². The second-order valence-electron chi connectivity index (χ2n) is 12.5. The molecule has 0 amide bonds.